The molecule has 1 N–H and O–H groups in total. The SMILES string of the molecule is O=C(Nc1ccccc1)C1CC(=O)N(c2ccc(Cl)c(Cl)c2)C1. The van der Waals surface area contributed by atoms with Gasteiger partial charge in [-0.3, -0.25) is 9.59 Å². The quantitative estimate of drug-likeness (QED) is 0.911. The van der Waals surface area contributed by atoms with E-state index in [1.165, 1.54) is 0 Å². The lowest BCUT2D eigenvalue weighted by Crippen LogP contribution is -2.28. The van der Waals surface area contributed by atoms with Crippen LogP contribution in [0.1, 0.15) is 6.42 Å². The molecule has 0 aliphatic carbocycles. The molecule has 1 heterocycles. The standard InChI is InChI=1S/C17H14Cl2N2O2/c18-14-7-6-13(9-15(14)19)21-10-11(8-16(21)22)17(23)20-12-4-2-1-3-5-12/h1-7,9,11H,8,10H2,(H,20,23). The van der Waals surface area contributed by atoms with Crippen LogP contribution in [-0.2, 0) is 9.59 Å². The smallest absolute Gasteiger partial charge is 0.229 e. The number of hydrogen-bond donors (Lipinski definition) is 1. The Morgan fingerprint density at radius 3 is 2.52 bits per heavy atom. The van der Waals surface area contributed by atoms with Gasteiger partial charge in [0.1, 0.15) is 0 Å². The minimum Gasteiger partial charge on any atom is -0.326 e. The normalized spacial score (nSPS) is 17.4. The minimum atomic E-state index is -0.392. The van der Waals surface area contributed by atoms with E-state index in [9.17, 15) is 9.59 Å². The van der Waals surface area contributed by atoms with Gasteiger partial charge in [0.25, 0.3) is 0 Å². The lowest BCUT2D eigenvalue weighted by atomic mass is 10.1. The molecular formula is C17H14Cl2N2O2. The van der Waals surface area contributed by atoms with Gasteiger partial charge in [-0.05, 0) is 30.3 Å². The molecule has 2 aromatic carbocycles. The van der Waals surface area contributed by atoms with Gasteiger partial charge in [-0.15, -0.1) is 0 Å². The Kier molecular flexibility index (Phi) is 4.55. The highest BCUT2D eigenvalue weighted by atomic mass is 35.5. The summed E-state index contributed by atoms with van der Waals surface area (Å²) < 4.78 is 0. The fraction of sp³-hybridized carbons (Fsp3) is 0.176. The maximum absolute atomic E-state index is 12.3. The fourth-order valence-electron chi connectivity index (χ4n) is 2.55. The maximum atomic E-state index is 12.3. The van der Waals surface area contributed by atoms with Crippen molar-refractivity contribution in [3.63, 3.8) is 0 Å². The molecule has 1 unspecified atom stereocenters. The zero-order valence-corrected chi connectivity index (χ0v) is 13.6. The number of rotatable bonds is 3. The van der Waals surface area contributed by atoms with E-state index < -0.39 is 5.92 Å². The average Bonchev–Trinajstić information content (AvgIpc) is 2.93. The predicted molar refractivity (Wildman–Crippen MR) is 92.0 cm³/mol. The van der Waals surface area contributed by atoms with Crippen molar-refractivity contribution in [1.29, 1.82) is 0 Å². The maximum Gasteiger partial charge on any atom is 0.229 e. The van der Waals surface area contributed by atoms with Gasteiger partial charge in [-0.25, -0.2) is 0 Å². The molecule has 4 nitrogen and oxygen atoms in total. The number of amides is 2. The van der Waals surface area contributed by atoms with E-state index >= 15 is 0 Å². The first-order valence-corrected chi connectivity index (χ1v) is 7.91. The molecule has 0 aromatic heterocycles. The van der Waals surface area contributed by atoms with Crippen LogP contribution in [0.4, 0.5) is 11.4 Å². The van der Waals surface area contributed by atoms with E-state index in [2.05, 4.69) is 5.32 Å². The first-order valence-electron chi connectivity index (χ1n) is 7.16. The van der Waals surface area contributed by atoms with E-state index in [1.807, 2.05) is 30.3 Å². The molecular weight excluding hydrogens is 335 g/mol. The van der Waals surface area contributed by atoms with E-state index in [-0.39, 0.29) is 18.2 Å². The summed E-state index contributed by atoms with van der Waals surface area (Å²) in [6.07, 6.45) is 0.179. The van der Waals surface area contributed by atoms with Crippen molar-refractivity contribution in [1.82, 2.24) is 0 Å². The van der Waals surface area contributed by atoms with Crippen molar-refractivity contribution in [3.8, 4) is 0 Å². The number of nitrogens with zero attached hydrogens (tertiary/aromatic N) is 1. The van der Waals surface area contributed by atoms with Crippen molar-refractivity contribution in [2.75, 3.05) is 16.8 Å². The Labute approximate surface area is 144 Å². The Hall–Kier alpha value is -2.04. The number of halogens is 2. The van der Waals surface area contributed by atoms with E-state index in [0.717, 1.165) is 5.69 Å². The van der Waals surface area contributed by atoms with Gasteiger partial charge in [0.15, 0.2) is 0 Å². The molecule has 2 amide bonds. The highest BCUT2D eigenvalue weighted by molar-refractivity contribution is 6.42. The van der Waals surface area contributed by atoms with Gasteiger partial charge < -0.3 is 10.2 Å². The Bertz CT molecular complexity index is 750. The van der Waals surface area contributed by atoms with E-state index in [0.29, 0.717) is 22.3 Å². The first-order chi connectivity index (χ1) is 11.0. The molecule has 1 saturated heterocycles. The fourth-order valence-corrected chi connectivity index (χ4v) is 2.84. The molecule has 23 heavy (non-hydrogen) atoms. The lowest BCUT2D eigenvalue weighted by Gasteiger charge is -2.17. The molecule has 0 radical (unpaired) electrons. The first kappa shape index (κ1) is 15.8. The Morgan fingerprint density at radius 1 is 1.09 bits per heavy atom. The third-order valence-electron chi connectivity index (χ3n) is 3.75. The second kappa shape index (κ2) is 6.60. The molecule has 1 aliphatic heterocycles. The van der Waals surface area contributed by atoms with Crippen molar-refractivity contribution in [2.24, 2.45) is 5.92 Å². The molecule has 1 atom stereocenters. The number of nitrogens with one attached hydrogen (secondary N) is 1. The molecule has 0 spiro atoms. The van der Waals surface area contributed by atoms with Crippen LogP contribution in [0.25, 0.3) is 0 Å². The zero-order valence-electron chi connectivity index (χ0n) is 12.1. The molecule has 0 bridgehead atoms. The largest absolute Gasteiger partial charge is 0.326 e. The summed E-state index contributed by atoms with van der Waals surface area (Å²) in [6.45, 7) is 0.329. The highest BCUT2D eigenvalue weighted by Crippen LogP contribution is 2.31. The van der Waals surface area contributed by atoms with Gasteiger partial charge in [0.2, 0.25) is 11.8 Å². The second-order valence-corrected chi connectivity index (χ2v) is 6.17. The molecule has 118 valence electrons. The van der Waals surface area contributed by atoms with Gasteiger partial charge in [0.05, 0.1) is 16.0 Å². The summed E-state index contributed by atoms with van der Waals surface area (Å²) in [7, 11) is 0. The van der Waals surface area contributed by atoms with Gasteiger partial charge in [-0.1, -0.05) is 41.4 Å². The van der Waals surface area contributed by atoms with Crippen molar-refractivity contribution < 1.29 is 9.59 Å². The third-order valence-corrected chi connectivity index (χ3v) is 4.49. The van der Waals surface area contributed by atoms with E-state index in [4.69, 9.17) is 23.2 Å². The number of carbonyl (C=O) groups excluding carboxylic acids is 2. The Balaban J connectivity index is 1.71. The van der Waals surface area contributed by atoms with Gasteiger partial charge >= 0.3 is 0 Å². The van der Waals surface area contributed by atoms with Crippen LogP contribution in [0.5, 0.6) is 0 Å². The summed E-state index contributed by atoms with van der Waals surface area (Å²) in [5.41, 5.74) is 1.37. The van der Waals surface area contributed by atoms with Crippen LogP contribution in [-0.4, -0.2) is 18.4 Å². The van der Waals surface area contributed by atoms with Crippen LogP contribution >= 0.6 is 23.2 Å². The van der Waals surface area contributed by atoms with Crippen molar-refractivity contribution in [2.45, 2.75) is 6.42 Å². The molecule has 1 aliphatic rings. The topological polar surface area (TPSA) is 49.4 Å². The molecule has 3 rings (SSSR count). The van der Waals surface area contributed by atoms with Gasteiger partial charge in [0, 0.05) is 24.3 Å². The van der Waals surface area contributed by atoms with Crippen LogP contribution in [0.15, 0.2) is 48.5 Å². The number of para-hydroxylation sites is 1. The second-order valence-electron chi connectivity index (χ2n) is 5.36. The summed E-state index contributed by atoms with van der Waals surface area (Å²) in [4.78, 5) is 26.1. The molecule has 6 heteroatoms. The van der Waals surface area contributed by atoms with Crippen LogP contribution in [0.2, 0.25) is 10.0 Å². The summed E-state index contributed by atoms with van der Waals surface area (Å²) >= 11 is 11.9. The average molecular weight is 349 g/mol. The number of benzene rings is 2. The van der Waals surface area contributed by atoms with Crippen LogP contribution in [0, 0.1) is 5.92 Å². The van der Waals surface area contributed by atoms with Crippen molar-refractivity contribution >= 4 is 46.4 Å². The monoisotopic (exact) mass is 348 g/mol. The molecule has 2 aromatic rings. The van der Waals surface area contributed by atoms with Crippen LogP contribution < -0.4 is 10.2 Å². The Morgan fingerprint density at radius 2 is 1.83 bits per heavy atom. The molecule has 0 saturated carbocycles. The summed E-state index contributed by atoms with van der Waals surface area (Å²) in [5, 5.41) is 3.65. The third kappa shape index (κ3) is 3.49. The minimum absolute atomic E-state index is 0.100. The lowest BCUT2D eigenvalue weighted by molar-refractivity contribution is -0.122. The summed E-state index contributed by atoms with van der Waals surface area (Å²) in [6, 6.07) is 14.2. The number of carbonyl (C=O) groups is 2. The highest BCUT2D eigenvalue weighted by Gasteiger charge is 2.35. The summed E-state index contributed by atoms with van der Waals surface area (Å²) in [5.74, 6) is -0.652. The zero-order chi connectivity index (χ0) is 16.4. The predicted octanol–water partition coefficient (Wildman–Crippen LogP) is 3.99. The number of anilines is 2. The van der Waals surface area contributed by atoms with Crippen molar-refractivity contribution in [3.05, 3.63) is 58.6 Å². The molecule has 1 fully saturated rings. The number of hydrogen-bond acceptors (Lipinski definition) is 2. The van der Waals surface area contributed by atoms with E-state index in [1.54, 1.807) is 23.1 Å². The van der Waals surface area contributed by atoms with Gasteiger partial charge in [-0.2, -0.15) is 0 Å². The van der Waals surface area contributed by atoms with Crippen LogP contribution in [0.3, 0.4) is 0 Å².